The molecule has 0 aliphatic carbocycles. The molecule has 1 unspecified atom stereocenters. The van der Waals surface area contributed by atoms with Gasteiger partial charge in [0.05, 0.1) is 34.6 Å². The second-order valence-electron chi connectivity index (χ2n) is 7.47. The summed E-state index contributed by atoms with van der Waals surface area (Å²) >= 11 is 6.35. The molecular formula is C20H19ClN6O2. The van der Waals surface area contributed by atoms with Gasteiger partial charge in [-0.3, -0.25) is 4.79 Å². The molecule has 3 aromatic rings. The van der Waals surface area contributed by atoms with Crippen LogP contribution in [0.1, 0.15) is 26.3 Å². The van der Waals surface area contributed by atoms with Crippen LogP contribution in [0.25, 0.3) is 16.8 Å². The SMILES string of the molecule is CC1COC(C)(C)C(=O)N1c1cc(-c2cc(Cl)c3c(N)ncnn23)ccc1C#N. The highest BCUT2D eigenvalue weighted by atomic mass is 35.5. The molecule has 4 rings (SSSR count). The number of fused-ring (bicyclic) bond motifs is 1. The molecule has 148 valence electrons. The first kappa shape index (κ1) is 19.2. The van der Waals surface area contributed by atoms with Crippen LogP contribution in [0.2, 0.25) is 5.02 Å². The van der Waals surface area contributed by atoms with Crippen molar-refractivity contribution in [2.24, 2.45) is 0 Å². The molecule has 1 fully saturated rings. The van der Waals surface area contributed by atoms with Crippen molar-refractivity contribution in [3.63, 3.8) is 0 Å². The van der Waals surface area contributed by atoms with Gasteiger partial charge in [-0.2, -0.15) is 10.4 Å². The molecule has 1 amide bonds. The zero-order chi connectivity index (χ0) is 20.9. The normalized spacial score (nSPS) is 18.8. The number of anilines is 2. The summed E-state index contributed by atoms with van der Waals surface area (Å²) in [5.74, 6) is 0.0679. The van der Waals surface area contributed by atoms with Crippen LogP contribution in [0.15, 0.2) is 30.6 Å². The standard InChI is InChI=1S/C20H19ClN6O2/c1-11-9-29-20(2,3)19(28)26(11)15-6-12(4-5-13(15)8-22)16-7-14(21)17-18(23)24-10-25-27(16)17/h4-7,10-11H,9H2,1-3H3,(H2,23,24,25). The topological polar surface area (TPSA) is 110 Å². The minimum atomic E-state index is -0.970. The molecule has 3 heterocycles. The van der Waals surface area contributed by atoms with E-state index in [1.807, 2.05) is 6.92 Å². The third-order valence-corrected chi connectivity index (χ3v) is 5.36. The van der Waals surface area contributed by atoms with Crippen LogP contribution in [-0.2, 0) is 9.53 Å². The van der Waals surface area contributed by atoms with Crippen molar-refractivity contribution in [2.75, 3.05) is 17.2 Å². The van der Waals surface area contributed by atoms with Gasteiger partial charge in [-0.15, -0.1) is 0 Å². The van der Waals surface area contributed by atoms with Crippen LogP contribution in [0.4, 0.5) is 11.5 Å². The van der Waals surface area contributed by atoms with Crippen molar-refractivity contribution in [1.82, 2.24) is 14.6 Å². The number of halogens is 1. The lowest BCUT2D eigenvalue weighted by Crippen LogP contribution is -2.58. The molecule has 9 heteroatoms. The number of hydrogen-bond donors (Lipinski definition) is 1. The Hall–Kier alpha value is -3.15. The maximum atomic E-state index is 13.1. The number of carbonyl (C=O) groups is 1. The number of aromatic nitrogens is 3. The van der Waals surface area contributed by atoms with Gasteiger partial charge in [0.15, 0.2) is 5.82 Å². The monoisotopic (exact) mass is 410 g/mol. The summed E-state index contributed by atoms with van der Waals surface area (Å²) in [5, 5.41) is 14.3. The van der Waals surface area contributed by atoms with Crippen molar-refractivity contribution in [1.29, 1.82) is 5.26 Å². The summed E-state index contributed by atoms with van der Waals surface area (Å²) < 4.78 is 7.28. The van der Waals surface area contributed by atoms with E-state index in [4.69, 9.17) is 22.1 Å². The second-order valence-corrected chi connectivity index (χ2v) is 7.88. The van der Waals surface area contributed by atoms with E-state index in [0.717, 1.165) is 5.56 Å². The Bertz CT molecular complexity index is 1180. The van der Waals surface area contributed by atoms with Crippen LogP contribution in [0, 0.1) is 11.3 Å². The molecule has 0 radical (unpaired) electrons. The quantitative estimate of drug-likeness (QED) is 0.695. The van der Waals surface area contributed by atoms with Crippen molar-refractivity contribution in [2.45, 2.75) is 32.4 Å². The highest BCUT2D eigenvalue weighted by Gasteiger charge is 2.41. The van der Waals surface area contributed by atoms with Gasteiger partial charge in [0.1, 0.15) is 23.5 Å². The minimum Gasteiger partial charge on any atom is -0.382 e. The van der Waals surface area contributed by atoms with Crippen LogP contribution in [0.3, 0.4) is 0 Å². The Morgan fingerprint density at radius 1 is 1.38 bits per heavy atom. The van der Waals surface area contributed by atoms with Gasteiger partial charge in [0, 0.05) is 5.56 Å². The first-order chi connectivity index (χ1) is 13.7. The van der Waals surface area contributed by atoms with Crippen LogP contribution in [-0.4, -0.2) is 38.8 Å². The van der Waals surface area contributed by atoms with Crippen molar-refractivity contribution < 1.29 is 9.53 Å². The lowest BCUT2D eigenvalue weighted by molar-refractivity contribution is -0.147. The zero-order valence-corrected chi connectivity index (χ0v) is 16.9. The van der Waals surface area contributed by atoms with Gasteiger partial charge in [0.25, 0.3) is 5.91 Å². The highest BCUT2D eigenvalue weighted by Crippen LogP contribution is 2.36. The Labute approximate surface area is 172 Å². The number of morpholine rings is 1. The fraction of sp³-hybridized carbons (Fsp3) is 0.300. The van der Waals surface area contributed by atoms with E-state index in [1.165, 1.54) is 6.33 Å². The number of benzene rings is 1. The number of rotatable bonds is 2. The Kier molecular flexibility index (Phi) is 4.45. The highest BCUT2D eigenvalue weighted by molar-refractivity contribution is 6.35. The number of nitrogens with zero attached hydrogens (tertiary/aromatic N) is 5. The summed E-state index contributed by atoms with van der Waals surface area (Å²) in [4.78, 5) is 18.7. The predicted octanol–water partition coefficient (Wildman–Crippen LogP) is 3.03. The molecule has 1 atom stereocenters. The Morgan fingerprint density at radius 3 is 2.86 bits per heavy atom. The predicted molar refractivity (Wildman–Crippen MR) is 110 cm³/mol. The number of ether oxygens (including phenoxy) is 1. The fourth-order valence-corrected chi connectivity index (χ4v) is 3.80. The fourth-order valence-electron chi connectivity index (χ4n) is 3.52. The van der Waals surface area contributed by atoms with Gasteiger partial charge in [-0.05, 0) is 39.0 Å². The van der Waals surface area contributed by atoms with Gasteiger partial charge in [-0.1, -0.05) is 17.7 Å². The number of nitriles is 1. The van der Waals surface area contributed by atoms with Gasteiger partial charge in [0.2, 0.25) is 0 Å². The molecule has 0 spiro atoms. The summed E-state index contributed by atoms with van der Waals surface area (Å²) in [7, 11) is 0. The minimum absolute atomic E-state index is 0.200. The molecule has 1 aromatic carbocycles. The number of nitrogen functional groups attached to an aromatic ring is 1. The molecule has 2 N–H and O–H groups in total. The number of hydrogen-bond acceptors (Lipinski definition) is 6. The summed E-state index contributed by atoms with van der Waals surface area (Å²) in [6.07, 6.45) is 1.35. The average Bonchev–Trinajstić information content (AvgIpc) is 3.03. The molecule has 0 saturated carbocycles. The summed E-state index contributed by atoms with van der Waals surface area (Å²) in [6.45, 7) is 5.71. The molecule has 29 heavy (non-hydrogen) atoms. The first-order valence-electron chi connectivity index (χ1n) is 9.04. The molecular weight excluding hydrogens is 392 g/mol. The molecule has 8 nitrogen and oxygen atoms in total. The summed E-state index contributed by atoms with van der Waals surface area (Å²) in [6, 6.07) is 8.97. The van der Waals surface area contributed by atoms with Crippen LogP contribution in [0.5, 0.6) is 0 Å². The Morgan fingerprint density at radius 2 is 2.14 bits per heavy atom. The van der Waals surface area contributed by atoms with Crippen molar-refractivity contribution in [3.05, 3.63) is 41.2 Å². The lowest BCUT2D eigenvalue weighted by Gasteiger charge is -2.41. The second kappa shape index (κ2) is 6.72. The van der Waals surface area contributed by atoms with Gasteiger partial charge >= 0.3 is 0 Å². The Balaban J connectivity index is 1.91. The van der Waals surface area contributed by atoms with Crippen LogP contribution < -0.4 is 10.6 Å². The smallest absolute Gasteiger partial charge is 0.259 e. The van der Waals surface area contributed by atoms with E-state index in [0.29, 0.717) is 34.1 Å². The van der Waals surface area contributed by atoms with E-state index in [-0.39, 0.29) is 17.8 Å². The maximum absolute atomic E-state index is 13.1. The third kappa shape index (κ3) is 2.99. The van der Waals surface area contributed by atoms with E-state index >= 15 is 0 Å². The third-order valence-electron chi connectivity index (χ3n) is 5.07. The van der Waals surface area contributed by atoms with Gasteiger partial charge < -0.3 is 15.4 Å². The lowest BCUT2D eigenvalue weighted by atomic mass is 9.99. The number of carbonyl (C=O) groups excluding carboxylic acids is 1. The van der Waals surface area contributed by atoms with E-state index in [9.17, 15) is 10.1 Å². The zero-order valence-electron chi connectivity index (χ0n) is 16.2. The first-order valence-corrected chi connectivity index (χ1v) is 9.42. The molecule has 1 aliphatic heterocycles. The number of amides is 1. The molecule has 1 saturated heterocycles. The molecule has 1 aliphatic rings. The van der Waals surface area contributed by atoms with E-state index < -0.39 is 5.60 Å². The average molecular weight is 411 g/mol. The van der Waals surface area contributed by atoms with Crippen molar-refractivity contribution >= 4 is 34.5 Å². The van der Waals surface area contributed by atoms with Gasteiger partial charge in [-0.25, -0.2) is 9.50 Å². The maximum Gasteiger partial charge on any atom is 0.259 e. The van der Waals surface area contributed by atoms with Crippen LogP contribution >= 0.6 is 11.6 Å². The van der Waals surface area contributed by atoms with Crippen molar-refractivity contribution in [3.8, 4) is 17.3 Å². The van der Waals surface area contributed by atoms with E-state index in [1.54, 1.807) is 47.5 Å². The molecule has 2 aromatic heterocycles. The van der Waals surface area contributed by atoms with E-state index in [2.05, 4.69) is 16.2 Å². The number of nitrogens with two attached hydrogens (primary N) is 1. The largest absolute Gasteiger partial charge is 0.382 e. The molecule has 0 bridgehead atoms. The summed E-state index contributed by atoms with van der Waals surface area (Å²) in [5.41, 5.74) is 7.81.